The molecule has 2 aromatic carbocycles. The van der Waals surface area contributed by atoms with Crippen LogP contribution in [-0.2, 0) is 17.7 Å². The normalized spacial score (nSPS) is 19.7. The summed E-state index contributed by atoms with van der Waals surface area (Å²) >= 11 is 12.6. The molecule has 3 aliphatic heterocycles. The van der Waals surface area contributed by atoms with Gasteiger partial charge < -0.3 is 19.5 Å². The van der Waals surface area contributed by atoms with Gasteiger partial charge in [-0.3, -0.25) is 4.79 Å². The Bertz CT molecular complexity index is 1580. The summed E-state index contributed by atoms with van der Waals surface area (Å²) in [4.78, 5) is 24.7. The first kappa shape index (κ1) is 27.4. The molecule has 0 unspecified atom stereocenters. The van der Waals surface area contributed by atoms with Gasteiger partial charge in [-0.2, -0.15) is 0 Å². The number of benzene rings is 2. The van der Waals surface area contributed by atoms with Gasteiger partial charge in [0.25, 0.3) is 5.91 Å². The molecule has 42 heavy (non-hydrogen) atoms. The van der Waals surface area contributed by atoms with Crippen molar-refractivity contribution in [2.45, 2.75) is 51.1 Å². The van der Waals surface area contributed by atoms with Crippen molar-refractivity contribution in [1.29, 1.82) is 0 Å². The largest absolute Gasteiger partial charge is 0.381 e. The van der Waals surface area contributed by atoms with Crippen LogP contribution in [0.4, 0.5) is 5.69 Å². The molecule has 1 amide bonds. The van der Waals surface area contributed by atoms with Crippen molar-refractivity contribution in [3.8, 4) is 5.69 Å². The van der Waals surface area contributed by atoms with Crippen molar-refractivity contribution in [1.82, 2.24) is 29.6 Å². The van der Waals surface area contributed by atoms with E-state index >= 15 is 0 Å². The minimum Gasteiger partial charge on any atom is -0.381 e. The highest BCUT2D eigenvalue weighted by molar-refractivity contribution is 6.35. The fourth-order valence-corrected chi connectivity index (χ4v) is 7.13. The third-order valence-corrected chi connectivity index (χ3v) is 9.89. The smallest absolute Gasteiger partial charge is 0.291 e. The number of halogens is 2. The monoisotopic (exact) mass is 605 g/mol. The van der Waals surface area contributed by atoms with E-state index in [1.807, 2.05) is 6.20 Å². The lowest BCUT2D eigenvalue weighted by atomic mass is 9.72. The van der Waals surface area contributed by atoms with E-state index in [0.29, 0.717) is 22.0 Å². The highest BCUT2D eigenvalue weighted by atomic mass is 35.5. The Labute approximate surface area is 254 Å². The van der Waals surface area contributed by atoms with Crippen LogP contribution in [0.3, 0.4) is 0 Å². The maximum atomic E-state index is 13.3. The van der Waals surface area contributed by atoms with E-state index in [1.54, 1.807) is 29.1 Å². The van der Waals surface area contributed by atoms with E-state index < -0.39 is 0 Å². The zero-order chi connectivity index (χ0) is 28.7. The minimum absolute atomic E-state index is 0.0905. The van der Waals surface area contributed by atoms with Crippen LogP contribution < -0.4 is 10.2 Å². The number of fused-ring (bicyclic) bond motifs is 3. The van der Waals surface area contributed by atoms with Crippen LogP contribution in [0, 0.1) is 5.41 Å². The molecule has 3 aliphatic rings. The molecule has 2 saturated heterocycles. The van der Waals surface area contributed by atoms with Gasteiger partial charge in [0.05, 0.1) is 18.3 Å². The van der Waals surface area contributed by atoms with E-state index in [1.165, 1.54) is 43.3 Å². The maximum absolute atomic E-state index is 13.3. The highest BCUT2D eigenvalue weighted by Gasteiger charge is 2.36. The molecule has 1 atom stereocenters. The molecule has 9 nitrogen and oxygen atoms in total. The number of rotatable bonds is 5. The number of anilines is 1. The molecule has 0 bridgehead atoms. The van der Waals surface area contributed by atoms with Crippen molar-refractivity contribution in [2.24, 2.45) is 5.41 Å². The lowest BCUT2D eigenvalue weighted by Crippen LogP contribution is -2.43. The van der Waals surface area contributed by atoms with E-state index in [0.717, 1.165) is 56.2 Å². The molecule has 11 heteroatoms. The minimum atomic E-state index is -0.347. The van der Waals surface area contributed by atoms with Gasteiger partial charge >= 0.3 is 0 Å². The van der Waals surface area contributed by atoms with Gasteiger partial charge in [-0.05, 0) is 73.8 Å². The predicted octanol–water partition coefficient (Wildman–Crippen LogP) is 5.63. The quantitative estimate of drug-likeness (QED) is 0.317. The second-order valence-electron chi connectivity index (χ2n) is 11.6. The second kappa shape index (κ2) is 11.4. The molecule has 1 spiro atoms. The van der Waals surface area contributed by atoms with Crippen LogP contribution in [0.25, 0.3) is 5.69 Å². The van der Waals surface area contributed by atoms with Gasteiger partial charge in [-0.1, -0.05) is 35.3 Å². The summed E-state index contributed by atoms with van der Waals surface area (Å²) in [6, 6.07) is 11.8. The number of hydrogen-bond donors (Lipinski definition) is 1. The SMILES string of the molecule is O=C(N[C@@H]1CCc2ccc(N3CCC4(CCOCC4)CC3)cc2-n2ccnc21)c1ncn(Cc2c(Cl)cccc2Cl)n1. The van der Waals surface area contributed by atoms with Crippen LogP contribution in [0.1, 0.15) is 65.7 Å². The Morgan fingerprint density at radius 3 is 2.62 bits per heavy atom. The summed E-state index contributed by atoms with van der Waals surface area (Å²) in [5.74, 6) is 0.551. The van der Waals surface area contributed by atoms with E-state index in [9.17, 15) is 4.79 Å². The number of ether oxygens (including phenoxy) is 1. The highest BCUT2D eigenvalue weighted by Crippen LogP contribution is 2.42. The molecule has 4 aromatic rings. The van der Waals surface area contributed by atoms with Crippen LogP contribution in [-0.4, -0.2) is 56.5 Å². The van der Waals surface area contributed by atoms with Crippen molar-refractivity contribution in [2.75, 3.05) is 31.2 Å². The summed E-state index contributed by atoms with van der Waals surface area (Å²) in [6.45, 7) is 4.24. The third-order valence-electron chi connectivity index (χ3n) is 9.18. The number of aromatic nitrogens is 5. The third kappa shape index (κ3) is 5.29. The Balaban J connectivity index is 1.06. The lowest BCUT2D eigenvalue weighted by molar-refractivity contribution is 0.00212. The molecule has 7 rings (SSSR count). The second-order valence-corrected chi connectivity index (χ2v) is 12.4. The Morgan fingerprint density at radius 1 is 1.05 bits per heavy atom. The number of nitrogens with one attached hydrogen (secondary N) is 1. The molecule has 1 N–H and O–H groups in total. The zero-order valence-electron chi connectivity index (χ0n) is 23.3. The van der Waals surface area contributed by atoms with Gasteiger partial charge in [0, 0.05) is 60.0 Å². The summed E-state index contributed by atoms with van der Waals surface area (Å²) in [7, 11) is 0. The number of hydrogen-bond acceptors (Lipinski definition) is 6. The zero-order valence-corrected chi connectivity index (χ0v) is 24.8. The molecule has 0 saturated carbocycles. The Kier molecular flexibility index (Phi) is 7.42. The first-order valence-corrected chi connectivity index (χ1v) is 15.4. The Morgan fingerprint density at radius 2 is 1.83 bits per heavy atom. The van der Waals surface area contributed by atoms with Gasteiger partial charge in [-0.25, -0.2) is 14.6 Å². The number of aryl methyl sites for hydroxylation is 1. The van der Waals surface area contributed by atoms with Gasteiger partial charge in [0.2, 0.25) is 5.82 Å². The van der Waals surface area contributed by atoms with E-state index in [2.05, 4.69) is 48.0 Å². The first-order chi connectivity index (χ1) is 20.5. The summed E-state index contributed by atoms with van der Waals surface area (Å²) < 4.78 is 9.32. The molecule has 218 valence electrons. The van der Waals surface area contributed by atoms with Crippen molar-refractivity contribution in [3.05, 3.63) is 87.9 Å². The topological polar surface area (TPSA) is 90.1 Å². The molecule has 5 heterocycles. The fourth-order valence-electron chi connectivity index (χ4n) is 6.61. The average molecular weight is 607 g/mol. The number of carbonyl (C=O) groups excluding carboxylic acids is 1. The average Bonchev–Trinajstić information content (AvgIpc) is 3.66. The standard InChI is InChI=1S/C31H33Cl2N7O2/c32-24-2-1-3-25(33)23(24)19-39-20-35-28(37-39)30(41)36-26-7-5-21-4-6-22(18-27(21)40-15-12-34-29(26)40)38-13-8-31(9-14-38)10-16-42-17-11-31/h1-4,6,12,15,18,20,26H,5,7-11,13-14,16-17,19H2,(H,36,41)/t26-/m1/s1. The van der Waals surface area contributed by atoms with Crippen LogP contribution in [0.2, 0.25) is 10.0 Å². The number of carbonyl (C=O) groups is 1. The molecular formula is C31H33Cl2N7O2. The van der Waals surface area contributed by atoms with Crippen molar-refractivity contribution in [3.63, 3.8) is 0 Å². The number of nitrogens with zero attached hydrogens (tertiary/aromatic N) is 6. The van der Waals surface area contributed by atoms with Gasteiger partial charge in [0.15, 0.2) is 0 Å². The number of amides is 1. The van der Waals surface area contributed by atoms with Gasteiger partial charge in [-0.15, -0.1) is 5.10 Å². The maximum Gasteiger partial charge on any atom is 0.291 e. The van der Waals surface area contributed by atoms with Crippen molar-refractivity contribution < 1.29 is 9.53 Å². The summed E-state index contributed by atoms with van der Waals surface area (Å²) in [5.41, 5.74) is 4.80. The fraction of sp³-hybridized carbons (Fsp3) is 0.419. The summed E-state index contributed by atoms with van der Waals surface area (Å²) in [6.07, 6.45) is 11.6. The molecule has 0 radical (unpaired) electrons. The van der Waals surface area contributed by atoms with E-state index in [-0.39, 0.29) is 17.8 Å². The predicted molar refractivity (Wildman–Crippen MR) is 162 cm³/mol. The Hall–Kier alpha value is -3.40. The number of piperidine rings is 1. The first-order valence-electron chi connectivity index (χ1n) is 14.6. The summed E-state index contributed by atoms with van der Waals surface area (Å²) in [5, 5.41) is 8.61. The lowest BCUT2D eigenvalue weighted by Gasteiger charge is -2.45. The molecule has 2 fully saturated rings. The van der Waals surface area contributed by atoms with Gasteiger partial charge in [0.1, 0.15) is 12.2 Å². The molecule has 0 aliphatic carbocycles. The van der Waals surface area contributed by atoms with Crippen LogP contribution in [0.5, 0.6) is 0 Å². The number of imidazole rings is 1. The van der Waals surface area contributed by atoms with Crippen molar-refractivity contribution >= 4 is 34.8 Å². The molecule has 2 aromatic heterocycles. The molecular weight excluding hydrogens is 573 g/mol. The van der Waals surface area contributed by atoms with Crippen LogP contribution >= 0.6 is 23.2 Å². The van der Waals surface area contributed by atoms with Crippen LogP contribution in [0.15, 0.2) is 55.1 Å². The van der Waals surface area contributed by atoms with E-state index in [4.69, 9.17) is 27.9 Å².